The standard InChI is InChI=1S/C13H13FN2O/c1-9-4-12(2-3-13(9)15)17-8-10-5-11(14)7-16-6-10/h2-7H,8,15H2,1H3. The summed E-state index contributed by atoms with van der Waals surface area (Å²) in [5.41, 5.74) is 8.08. The van der Waals surface area contributed by atoms with Gasteiger partial charge in [-0.1, -0.05) is 0 Å². The highest BCUT2D eigenvalue weighted by molar-refractivity contribution is 5.49. The Balaban J connectivity index is 2.05. The fourth-order valence-corrected chi connectivity index (χ4v) is 1.44. The second-order valence-electron chi connectivity index (χ2n) is 3.82. The highest BCUT2D eigenvalue weighted by Gasteiger charge is 2.00. The lowest BCUT2D eigenvalue weighted by Crippen LogP contribution is -1.98. The van der Waals surface area contributed by atoms with Gasteiger partial charge < -0.3 is 10.5 Å². The van der Waals surface area contributed by atoms with Gasteiger partial charge in [0.15, 0.2) is 0 Å². The highest BCUT2D eigenvalue weighted by atomic mass is 19.1. The van der Waals surface area contributed by atoms with Crippen LogP contribution >= 0.6 is 0 Å². The molecule has 17 heavy (non-hydrogen) atoms. The number of hydrogen-bond donors (Lipinski definition) is 1. The molecule has 0 amide bonds. The Morgan fingerprint density at radius 2 is 2.12 bits per heavy atom. The molecule has 1 heterocycles. The third-order valence-corrected chi connectivity index (χ3v) is 2.41. The molecule has 3 nitrogen and oxygen atoms in total. The zero-order chi connectivity index (χ0) is 12.3. The van der Waals surface area contributed by atoms with Crippen LogP contribution in [0.2, 0.25) is 0 Å². The molecule has 0 unspecified atom stereocenters. The minimum atomic E-state index is -0.361. The predicted molar refractivity (Wildman–Crippen MR) is 64.1 cm³/mol. The molecule has 0 aliphatic rings. The molecular weight excluding hydrogens is 219 g/mol. The first-order valence-corrected chi connectivity index (χ1v) is 5.23. The zero-order valence-corrected chi connectivity index (χ0v) is 9.48. The van der Waals surface area contributed by atoms with Crippen LogP contribution < -0.4 is 10.5 Å². The maximum absolute atomic E-state index is 12.9. The summed E-state index contributed by atoms with van der Waals surface area (Å²) >= 11 is 0. The minimum absolute atomic E-state index is 0.286. The molecule has 0 saturated carbocycles. The average Bonchev–Trinajstić information content (AvgIpc) is 2.31. The zero-order valence-electron chi connectivity index (χ0n) is 9.48. The van der Waals surface area contributed by atoms with E-state index in [-0.39, 0.29) is 12.4 Å². The summed E-state index contributed by atoms with van der Waals surface area (Å²) < 4.78 is 18.4. The summed E-state index contributed by atoms with van der Waals surface area (Å²) in [5, 5.41) is 0. The number of pyridine rings is 1. The molecule has 0 bridgehead atoms. The van der Waals surface area contributed by atoms with Crippen molar-refractivity contribution in [1.82, 2.24) is 4.98 Å². The van der Waals surface area contributed by atoms with E-state index in [1.165, 1.54) is 6.07 Å². The number of aromatic nitrogens is 1. The minimum Gasteiger partial charge on any atom is -0.489 e. The van der Waals surface area contributed by atoms with E-state index in [9.17, 15) is 4.39 Å². The third-order valence-electron chi connectivity index (χ3n) is 2.41. The van der Waals surface area contributed by atoms with Crippen molar-refractivity contribution in [3.8, 4) is 5.75 Å². The molecule has 2 rings (SSSR count). The summed E-state index contributed by atoms with van der Waals surface area (Å²) in [6.07, 6.45) is 2.74. The molecule has 0 atom stereocenters. The molecule has 0 aliphatic carbocycles. The normalized spacial score (nSPS) is 10.2. The molecule has 0 aliphatic heterocycles. The SMILES string of the molecule is Cc1cc(OCc2cncc(F)c2)ccc1N. The van der Waals surface area contributed by atoms with E-state index in [4.69, 9.17) is 10.5 Å². The maximum atomic E-state index is 12.9. The number of hydrogen-bond acceptors (Lipinski definition) is 3. The van der Waals surface area contributed by atoms with Crippen LogP contribution in [0.1, 0.15) is 11.1 Å². The Morgan fingerprint density at radius 3 is 2.82 bits per heavy atom. The number of ether oxygens (including phenoxy) is 1. The number of rotatable bonds is 3. The molecule has 1 aromatic carbocycles. The van der Waals surface area contributed by atoms with E-state index >= 15 is 0 Å². The number of anilines is 1. The number of nitrogens with two attached hydrogens (primary N) is 1. The number of aryl methyl sites for hydroxylation is 1. The Morgan fingerprint density at radius 1 is 1.29 bits per heavy atom. The predicted octanol–water partition coefficient (Wildman–Crippen LogP) is 2.69. The summed E-state index contributed by atoms with van der Waals surface area (Å²) in [6, 6.07) is 6.82. The molecule has 0 spiro atoms. The van der Waals surface area contributed by atoms with Crippen molar-refractivity contribution in [3.63, 3.8) is 0 Å². The number of nitrogens with zero attached hydrogens (tertiary/aromatic N) is 1. The lowest BCUT2D eigenvalue weighted by Gasteiger charge is -2.08. The molecule has 1 aromatic heterocycles. The van der Waals surface area contributed by atoms with E-state index in [2.05, 4.69) is 4.98 Å². The second-order valence-corrected chi connectivity index (χ2v) is 3.82. The van der Waals surface area contributed by atoms with Gasteiger partial charge in [-0.15, -0.1) is 0 Å². The van der Waals surface area contributed by atoms with Gasteiger partial charge in [-0.25, -0.2) is 4.39 Å². The first kappa shape index (κ1) is 11.4. The van der Waals surface area contributed by atoms with Crippen LogP contribution in [0.3, 0.4) is 0 Å². The molecule has 88 valence electrons. The van der Waals surface area contributed by atoms with Crippen LogP contribution in [-0.2, 0) is 6.61 Å². The van der Waals surface area contributed by atoms with Crippen LogP contribution in [0, 0.1) is 12.7 Å². The van der Waals surface area contributed by atoms with Crippen molar-refractivity contribution >= 4 is 5.69 Å². The fraction of sp³-hybridized carbons (Fsp3) is 0.154. The quantitative estimate of drug-likeness (QED) is 0.828. The van der Waals surface area contributed by atoms with E-state index in [0.29, 0.717) is 11.3 Å². The Hall–Kier alpha value is -2.10. The van der Waals surface area contributed by atoms with Gasteiger partial charge in [0.2, 0.25) is 0 Å². The van der Waals surface area contributed by atoms with Gasteiger partial charge in [0.25, 0.3) is 0 Å². The Labute approximate surface area is 99.1 Å². The average molecular weight is 232 g/mol. The molecule has 2 aromatic rings. The van der Waals surface area contributed by atoms with Crippen LogP contribution in [0.4, 0.5) is 10.1 Å². The van der Waals surface area contributed by atoms with Gasteiger partial charge in [0.1, 0.15) is 18.2 Å². The molecule has 4 heteroatoms. The number of nitrogen functional groups attached to an aromatic ring is 1. The smallest absolute Gasteiger partial charge is 0.141 e. The third kappa shape index (κ3) is 2.93. The van der Waals surface area contributed by atoms with Crippen molar-refractivity contribution in [2.24, 2.45) is 0 Å². The lowest BCUT2D eigenvalue weighted by atomic mass is 10.2. The van der Waals surface area contributed by atoms with E-state index in [1.807, 2.05) is 13.0 Å². The summed E-state index contributed by atoms with van der Waals surface area (Å²) in [6.45, 7) is 2.19. The largest absolute Gasteiger partial charge is 0.489 e. The highest BCUT2D eigenvalue weighted by Crippen LogP contribution is 2.19. The summed E-state index contributed by atoms with van der Waals surface area (Å²) in [4.78, 5) is 3.75. The molecule has 2 N–H and O–H groups in total. The van der Waals surface area contributed by atoms with Crippen molar-refractivity contribution in [1.29, 1.82) is 0 Å². The van der Waals surface area contributed by atoms with E-state index in [1.54, 1.807) is 18.3 Å². The van der Waals surface area contributed by atoms with Gasteiger partial charge in [0, 0.05) is 17.4 Å². The number of benzene rings is 1. The Kier molecular flexibility index (Phi) is 3.23. The topological polar surface area (TPSA) is 48.1 Å². The first-order chi connectivity index (χ1) is 8.15. The van der Waals surface area contributed by atoms with Crippen LogP contribution in [0.15, 0.2) is 36.7 Å². The van der Waals surface area contributed by atoms with Crippen molar-refractivity contribution in [2.75, 3.05) is 5.73 Å². The van der Waals surface area contributed by atoms with Crippen molar-refractivity contribution in [3.05, 3.63) is 53.6 Å². The lowest BCUT2D eigenvalue weighted by molar-refractivity contribution is 0.305. The molecule has 0 fully saturated rings. The maximum Gasteiger partial charge on any atom is 0.141 e. The summed E-state index contributed by atoms with van der Waals surface area (Å²) in [7, 11) is 0. The fourth-order valence-electron chi connectivity index (χ4n) is 1.44. The number of halogens is 1. The molecular formula is C13H13FN2O. The van der Waals surface area contributed by atoms with E-state index in [0.717, 1.165) is 17.4 Å². The van der Waals surface area contributed by atoms with Crippen LogP contribution in [-0.4, -0.2) is 4.98 Å². The van der Waals surface area contributed by atoms with Crippen LogP contribution in [0.25, 0.3) is 0 Å². The van der Waals surface area contributed by atoms with Crippen molar-refractivity contribution in [2.45, 2.75) is 13.5 Å². The first-order valence-electron chi connectivity index (χ1n) is 5.23. The summed E-state index contributed by atoms with van der Waals surface area (Å²) in [5.74, 6) is 0.348. The van der Waals surface area contributed by atoms with Crippen LogP contribution in [0.5, 0.6) is 5.75 Å². The van der Waals surface area contributed by atoms with Gasteiger partial charge in [-0.05, 0) is 36.8 Å². The van der Waals surface area contributed by atoms with E-state index < -0.39 is 0 Å². The Bertz CT molecular complexity index is 529. The van der Waals surface area contributed by atoms with Gasteiger partial charge in [0.05, 0.1) is 6.20 Å². The van der Waals surface area contributed by atoms with Crippen molar-refractivity contribution < 1.29 is 9.13 Å². The van der Waals surface area contributed by atoms with Gasteiger partial charge >= 0.3 is 0 Å². The monoisotopic (exact) mass is 232 g/mol. The van der Waals surface area contributed by atoms with Gasteiger partial charge in [-0.2, -0.15) is 0 Å². The second kappa shape index (κ2) is 4.82. The van der Waals surface area contributed by atoms with Gasteiger partial charge in [-0.3, -0.25) is 4.98 Å². The molecule has 0 saturated heterocycles. The molecule has 0 radical (unpaired) electrons.